The zero-order valence-corrected chi connectivity index (χ0v) is 35.1. The molecular weight excluding hydrogens is 693 g/mol. The first kappa shape index (κ1) is 47.5. The second-order valence-electron chi connectivity index (χ2n) is 12.8. The molecule has 0 radical (unpaired) electrons. The van der Waals surface area contributed by atoms with Gasteiger partial charge >= 0.3 is 0 Å². The number of fused-ring (bicyclic) bond motifs is 3. The van der Waals surface area contributed by atoms with Crippen LogP contribution in [0.5, 0.6) is 0 Å². The molecule has 1 atom stereocenters. The zero-order chi connectivity index (χ0) is 40.5. The molecule has 6 rings (SSSR count). The van der Waals surface area contributed by atoms with Crippen molar-refractivity contribution in [2.24, 2.45) is 5.92 Å². The number of amides is 3. The molecule has 296 valence electrons. The van der Waals surface area contributed by atoms with Gasteiger partial charge in [0.1, 0.15) is 6.29 Å². The third-order valence-corrected chi connectivity index (χ3v) is 9.52. The highest BCUT2D eigenvalue weighted by Gasteiger charge is 2.29. The number of hydrogen-bond donors (Lipinski definition) is 3. The van der Waals surface area contributed by atoms with Crippen LogP contribution in [0.4, 0.5) is 5.69 Å². The minimum atomic E-state index is -0.215. The van der Waals surface area contributed by atoms with E-state index in [9.17, 15) is 19.2 Å². The van der Waals surface area contributed by atoms with Crippen molar-refractivity contribution in [1.82, 2.24) is 15.5 Å². The summed E-state index contributed by atoms with van der Waals surface area (Å²) in [4.78, 5) is 49.4. The third kappa shape index (κ3) is 16.7. The fourth-order valence-corrected chi connectivity index (χ4v) is 6.78. The van der Waals surface area contributed by atoms with Crippen molar-refractivity contribution in [3.63, 3.8) is 0 Å². The molecule has 9 heteroatoms. The number of aldehydes is 1. The molecule has 1 saturated heterocycles. The van der Waals surface area contributed by atoms with Crippen LogP contribution in [0.2, 0.25) is 0 Å². The SMILES string of the molecule is C=CC.CC.CC.CC(=O)NC1CC1.CCC(C(=O)N1CCC(C(=O)NC2C=CC=C(C=O)C=C2)CC1)=C(C)C.c1ccc2c(c1)NCCc1ccsc1-2. The molecule has 0 bridgehead atoms. The molecule has 2 aliphatic heterocycles. The van der Waals surface area contributed by atoms with Crippen LogP contribution in [0.25, 0.3) is 10.4 Å². The highest BCUT2D eigenvalue weighted by Crippen LogP contribution is 2.36. The molecule has 1 aromatic carbocycles. The van der Waals surface area contributed by atoms with Gasteiger partial charge in [0, 0.05) is 65.8 Å². The number of carbonyl (C=O) groups is 4. The molecule has 1 saturated carbocycles. The fourth-order valence-electron chi connectivity index (χ4n) is 5.78. The molecule has 2 fully saturated rings. The summed E-state index contributed by atoms with van der Waals surface area (Å²) in [6.45, 7) is 23.0. The largest absolute Gasteiger partial charge is 0.384 e. The van der Waals surface area contributed by atoms with Crippen LogP contribution < -0.4 is 16.0 Å². The number of benzene rings is 1. The van der Waals surface area contributed by atoms with Crippen molar-refractivity contribution in [2.45, 2.75) is 113 Å². The van der Waals surface area contributed by atoms with Crippen molar-refractivity contribution < 1.29 is 19.2 Å². The number of anilines is 1. The number of hydrogen-bond acceptors (Lipinski definition) is 6. The average molecular weight is 759 g/mol. The Bertz CT molecular complexity index is 1590. The molecule has 54 heavy (non-hydrogen) atoms. The molecule has 1 aromatic heterocycles. The number of likely N-dealkylation sites (tertiary alicyclic amines) is 1. The second kappa shape index (κ2) is 27.1. The lowest BCUT2D eigenvalue weighted by atomic mass is 9.94. The van der Waals surface area contributed by atoms with Gasteiger partial charge in [0.2, 0.25) is 17.7 Å². The quantitative estimate of drug-likeness (QED) is 0.155. The van der Waals surface area contributed by atoms with Gasteiger partial charge in [-0.15, -0.1) is 17.9 Å². The lowest BCUT2D eigenvalue weighted by Crippen LogP contribution is -2.45. The lowest BCUT2D eigenvalue weighted by Gasteiger charge is -2.32. The van der Waals surface area contributed by atoms with Gasteiger partial charge in [0.15, 0.2) is 0 Å². The monoisotopic (exact) mass is 758 g/mol. The van der Waals surface area contributed by atoms with Gasteiger partial charge in [-0.1, -0.05) is 94.8 Å². The Morgan fingerprint density at radius 1 is 0.963 bits per heavy atom. The first-order valence-electron chi connectivity index (χ1n) is 19.6. The van der Waals surface area contributed by atoms with Gasteiger partial charge in [-0.25, -0.2) is 0 Å². The smallest absolute Gasteiger partial charge is 0.249 e. The van der Waals surface area contributed by atoms with E-state index in [0.29, 0.717) is 37.5 Å². The van der Waals surface area contributed by atoms with Gasteiger partial charge in [-0.2, -0.15) is 0 Å². The standard InChI is InChI=1S/C21H28N2O3.C12H11NS.C5H9NO.C3H6.2C2H6/c1-4-19(15(2)3)21(26)23-12-10-17(11-13-23)20(25)22-18-7-5-6-16(14-24)8-9-18;1-2-4-11-10(3-1)12-9(5-7-13-11)6-8-14-12;1-4(7)6-5-2-3-5;1-3-2;2*1-2/h5-9,14,17-18H,4,10-13H2,1-3H3,(H,22,25);1-4,6,8,13H,5,7H2;5H,2-3H2,1H3,(H,6,7);3H,1H2,2H3;2*1-2H3. The van der Waals surface area contributed by atoms with Gasteiger partial charge in [-0.05, 0) is 82.4 Å². The number of rotatable bonds is 6. The maximum Gasteiger partial charge on any atom is 0.249 e. The van der Waals surface area contributed by atoms with Crippen molar-refractivity contribution in [2.75, 3.05) is 25.0 Å². The summed E-state index contributed by atoms with van der Waals surface area (Å²) < 4.78 is 0. The first-order valence-corrected chi connectivity index (χ1v) is 20.5. The molecule has 1 unspecified atom stereocenters. The van der Waals surface area contributed by atoms with Crippen LogP contribution in [0, 0.1) is 5.92 Å². The zero-order valence-electron chi connectivity index (χ0n) is 34.3. The molecular formula is C45H66N4O4S. The number of nitrogens with zero attached hydrogens (tertiary/aromatic N) is 1. The number of para-hydroxylation sites is 1. The number of nitrogens with one attached hydrogen (secondary N) is 3. The van der Waals surface area contributed by atoms with Gasteiger partial charge in [0.05, 0.1) is 6.04 Å². The van der Waals surface area contributed by atoms with Crippen molar-refractivity contribution >= 4 is 41.0 Å². The summed E-state index contributed by atoms with van der Waals surface area (Å²) in [5.41, 5.74) is 6.62. The highest BCUT2D eigenvalue weighted by atomic mass is 32.1. The number of allylic oxidation sites excluding steroid dienone is 6. The molecule has 3 amide bonds. The summed E-state index contributed by atoms with van der Waals surface area (Å²) in [5, 5.41) is 11.4. The van der Waals surface area contributed by atoms with E-state index in [1.54, 1.807) is 31.2 Å². The molecule has 0 spiro atoms. The Kier molecular flexibility index (Phi) is 23.9. The summed E-state index contributed by atoms with van der Waals surface area (Å²) in [6, 6.07) is 11.1. The van der Waals surface area contributed by atoms with E-state index in [0.717, 1.165) is 36.8 Å². The number of piperidine rings is 1. The van der Waals surface area contributed by atoms with Crippen LogP contribution >= 0.6 is 11.3 Å². The fraction of sp³-hybridized carbons (Fsp3) is 0.467. The molecule has 8 nitrogen and oxygen atoms in total. The summed E-state index contributed by atoms with van der Waals surface area (Å²) in [6.07, 6.45) is 17.0. The molecule has 3 heterocycles. The van der Waals surface area contributed by atoms with Gasteiger partial charge in [0.25, 0.3) is 0 Å². The van der Waals surface area contributed by atoms with E-state index in [1.807, 2.05) is 83.8 Å². The van der Waals surface area contributed by atoms with E-state index < -0.39 is 0 Å². The molecule has 2 aromatic rings. The van der Waals surface area contributed by atoms with Crippen molar-refractivity contribution in [1.29, 1.82) is 0 Å². The van der Waals surface area contributed by atoms with Crippen molar-refractivity contribution in [3.8, 4) is 10.4 Å². The van der Waals surface area contributed by atoms with Crippen molar-refractivity contribution in [3.05, 3.63) is 101 Å². The van der Waals surface area contributed by atoms with E-state index in [1.165, 1.54) is 34.5 Å². The molecule has 3 N–H and O–H groups in total. The summed E-state index contributed by atoms with van der Waals surface area (Å²) >= 11 is 1.84. The Morgan fingerprint density at radius 2 is 1.61 bits per heavy atom. The normalized spacial score (nSPS) is 16.2. The average Bonchev–Trinajstić information content (AvgIpc) is 3.96. The van der Waals surface area contributed by atoms with E-state index >= 15 is 0 Å². The highest BCUT2D eigenvalue weighted by molar-refractivity contribution is 7.13. The van der Waals surface area contributed by atoms with Crippen LogP contribution in [0.1, 0.15) is 100.0 Å². The Balaban J connectivity index is 0.000000430. The summed E-state index contributed by atoms with van der Waals surface area (Å²) in [7, 11) is 0. The van der Waals surface area contributed by atoms with Gasteiger partial charge < -0.3 is 20.9 Å². The number of carbonyl (C=O) groups excluding carboxylic acids is 4. The lowest BCUT2D eigenvalue weighted by molar-refractivity contribution is -0.133. The predicted molar refractivity (Wildman–Crippen MR) is 230 cm³/mol. The van der Waals surface area contributed by atoms with Gasteiger partial charge in [-0.3, -0.25) is 19.2 Å². The van der Waals surface area contributed by atoms with Crippen LogP contribution in [-0.2, 0) is 25.6 Å². The Hall–Kier alpha value is -4.50. The Morgan fingerprint density at radius 3 is 2.17 bits per heavy atom. The molecule has 2 aliphatic carbocycles. The minimum Gasteiger partial charge on any atom is -0.384 e. The minimum absolute atomic E-state index is 0.00359. The second-order valence-corrected chi connectivity index (χ2v) is 13.8. The maximum atomic E-state index is 12.6. The molecule has 4 aliphatic rings. The van der Waals surface area contributed by atoms with E-state index in [4.69, 9.17) is 0 Å². The van der Waals surface area contributed by atoms with Crippen LogP contribution in [0.3, 0.4) is 0 Å². The first-order chi connectivity index (χ1) is 26.1. The third-order valence-electron chi connectivity index (χ3n) is 8.53. The van der Waals surface area contributed by atoms with Crippen LogP contribution in [0.15, 0.2) is 95.5 Å². The summed E-state index contributed by atoms with van der Waals surface area (Å²) in [5.74, 6) is 0.124. The topological polar surface area (TPSA) is 108 Å². The number of thiophene rings is 1. The van der Waals surface area contributed by atoms with Crippen LogP contribution in [-0.4, -0.2) is 60.6 Å². The Labute approximate surface area is 330 Å². The van der Waals surface area contributed by atoms with E-state index in [-0.39, 0.29) is 29.7 Å². The van der Waals surface area contributed by atoms with E-state index in [2.05, 4.69) is 58.2 Å². The maximum absolute atomic E-state index is 12.6. The predicted octanol–water partition coefficient (Wildman–Crippen LogP) is 9.62.